The van der Waals surface area contributed by atoms with E-state index in [0.29, 0.717) is 5.92 Å². The third kappa shape index (κ3) is 4.39. The minimum absolute atomic E-state index is 0.0454. The molecule has 0 atom stereocenters. The van der Waals surface area contributed by atoms with Gasteiger partial charge in [0.05, 0.1) is 5.69 Å². The van der Waals surface area contributed by atoms with Gasteiger partial charge in [0, 0.05) is 47.3 Å². The maximum Gasteiger partial charge on any atom is 0.0789 e. The summed E-state index contributed by atoms with van der Waals surface area (Å²) in [7, 11) is 0. The molecule has 0 aliphatic carbocycles. The summed E-state index contributed by atoms with van der Waals surface area (Å²) in [6.07, 6.45) is 3.09. The Balaban J connectivity index is 1.55. The predicted molar refractivity (Wildman–Crippen MR) is 165 cm³/mol. The number of rotatable bonds is 4. The molecule has 0 aliphatic rings. The fourth-order valence-electron chi connectivity index (χ4n) is 5.56. The molecule has 0 fully saturated rings. The standard InChI is InChI=1S/C34H33NS2/c1-20(2)15-22-11-12-29-26(16-22)32(21(3)36-29)31-19-27-30(37-31)13-14-35-33(27)24-17-23-9-7-8-10-25(23)28(18-24)34(4,5)6/h7-14,16-20H,15H2,1-6H3. The minimum atomic E-state index is 0.0454. The molecule has 3 aromatic heterocycles. The molecule has 186 valence electrons. The van der Waals surface area contributed by atoms with Crippen molar-refractivity contribution in [3.8, 4) is 21.7 Å². The molecule has 0 radical (unpaired) electrons. The Morgan fingerprint density at radius 3 is 2.38 bits per heavy atom. The average Bonchev–Trinajstić information content (AvgIpc) is 3.41. The molecule has 6 rings (SSSR count). The Kier molecular flexibility index (Phi) is 5.97. The van der Waals surface area contributed by atoms with Gasteiger partial charge in [0.1, 0.15) is 0 Å². The van der Waals surface area contributed by atoms with Gasteiger partial charge in [0.15, 0.2) is 0 Å². The van der Waals surface area contributed by atoms with Gasteiger partial charge < -0.3 is 0 Å². The van der Waals surface area contributed by atoms with Crippen LogP contribution in [-0.2, 0) is 11.8 Å². The van der Waals surface area contributed by atoms with Crippen molar-refractivity contribution in [1.82, 2.24) is 4.98 Å². The second-order valence-electron chi connectivity index (χ2n) is 11.6. The fraction of sp³-hybridized carbons (Fsp3) is 0.265. The van der Waals surface area contributed by atoms with E-state index in [2.05, 4.69) is 108 Å². The first-order chi connectivity index (χ1) is 17.7. The predicted octanol–water partition coefficient (Wildman–Crippen LogP) is 10.8. The van der Waals surface area contributed by atoms with Gasteiger partial charge in [-0.3, -0.25) is 4.98 Å². The SMILES string of the molecule is Cc1sc2ccc(CC(C)C)cc2c1-c1cc2c(-c3cc(C(C)(C)C)c4ccccc4c3)nccc2s1. The molecule has 0 N–H and O–H groups in total. The Labute approximate surface area is 227 Å². The molecule has 3 aromatic carbocycles. The summed E-state index contributed by atoms with van der Waals surface area (Å²) in [6, 6.07) is 25.0. The molecular formula is C34H33NS2. The summed E-state index contributed by atoms with van der Waals surface area (Å²) >= 11 is 3.80. The quantitative estimate of drug-likeness (QED) is 0.226. The zero-order valence-corrected chi connectivity index (χ0v) is 24.1. The van der Waals surface area contributed by atoms with E-state index in [0.717, 1.165) is 12.1 Å². The maximum absolute atomic E-state index is 4.94. The number of aryl methyl sites for hydroxylation is 1. The Bertz CT molecular complexity index is 1780. The highest BCUT2D eigenvalue weighted by Gasteiger charge is 2.21. The molecule has 37 heavy (non-hydrogen) atoms. The maximum atomic E-state index is 4.94. The lowest BCUT2D eigenvalue weighted by Gasteiger charge is -2.22. The largest absolute Gasteiger partial charge is 0.256 e. The zero-order valence-electron chi connectivity index (χ0n) is 22.5. The number of nitrogens with zero attached hydrogens (tertiary/aromatic N) is 1. The Hall–Kier alpha value is -3.01. The lowest BCUT2D eigenvalue weighted by molar-refractivity contribution is 0.596. The first kappa shape index (κ1) is 24.3. The molecule has 0 aliphatic heterocycles. The molecule has 3 heterocycles. The van der Waals surface area contributed by atoms with Crippen molar-refractivity contribution in [2.75, 3.05) is 0 Å². The monoisotopic (exact) mass is 519 g/mol. The van der Waals surface area contributed by atoms with Crippen molar-refractivity contribution in [2.24, 2.45) is 5.92 Å². The normalized spacial score (nSPS) is 12.4. The summed E-state index contributed by atoms with van der Waals surface area (Å²) in [6.45, 7) is 13.8. The number of benzene rings is 3. The highest BCUT2D eigenvalue weighted by Crippen LogP contribution is 2.45. The Morgan fingerprint density at radius 2 is 1.59 bits per heavy atom. The summed E-state index contributed by atoms with van der Waals surface area (Å²) in [4.78, 5) is 7.67. The number of aromatic nitrogens is 1. The van der Waals surface area contributed by atoms with Crippen molar-refractivity contribution < 1.29 is 0 Å². The molecule has 3 heteroatoms. The third-order valence-electron chi connectivity index (χ3n) is 7.21. The highest BCUT2D eigenvalue weighted by molar-refractivity contribution is 7.24. The fourth-order valence-corrected chi connectivity index (χ4v) is 7.85. The first-order valence-electron chi connectivity index (χ1n) is 13.1. The van der Waals surface area contributed by atoms with Crippen LogP contribution in [-0.4, -0.2) is 4.98 Å². The molecule has 0 unspecified atom stereocenters. The number of pyridine rings is 1. The third-order valence-corrected chi connectivity index (χ3v) is 9.41. The van der Waals surface area contributed by atoms with Gasteiger partial charge in [-0.25, -0.2) is 0 Å². The van der Waals surface area contributed by atoms with E-state index in [-0.39, 0.29) is 5.41 Å². The lowest BCUT2D eigenvalue weighted by Crippen LogP contribution is -2.12. The molecular weight excluding hydrogens is 487 g/mol. The van der Waals surface area contributed by atoms with Crippen LogP contribution in [0.15, 0.2) is 72.9 Å². The lowest BCUT2D eigenvalue weighted by atomic mass is 9.82. The number of hydrogen-bond donors (Lipinski definition) is 0. The number of thiophene rings is 2. The van der Waals surface area contributed by atoms with Crippen LogP contribution in [0.3, 0.4) is 0 Å². The molecule has 1 nitrogen and oxygen atoms in total. The van der Waals surface area contributed by atoms with Crippen LogP contribution in [0, 0.1) is 12.8 Å². The van der Waals surface area contributed by atoms with Gasteiger partial charge in [-0.15, -0.1) is 22.7 Å². The summed E-state index contributed by atoms with van der Waals surface area (Å²) in [5.74, 6) is 0.651. The number of fused-ring (bicyclic) bond motifs is 3. The van der Waals surface area contributed by atoms with Crippen LogP contribution in [0.4, 0.5) is 0 Å². The van der Waals surface area contributed by atoms with Crippen molar-refractivity contribution in [2.45, 2.75) is 53.4 Å². The highest BCUT2D eigenvalue weighted by atomic mass is 32.1. The summed E-state index contributed by atoms with van der Waals surface area (Å²) in [5, 5.41) is 5.24. The van der Waals surface area contributed by atoms with Crippen molar-refractivity contribution in [3.63, 3.8) is 0 Å². The molecule has 0 saturated heterocycles. The van der Waals surface area contributed by atoms with E-state index in [1.807, 2.05) is 28.9 Å². The van der Waals surface area contributed by atoms with Crippen LogP contribution in [0.5, 0.6) is 0 Å². The van der Waals surface area contributed by atoms with E-state index in [4.69, 9.17) is 4.98 Å². The van der Waals surface area contributed by atoms with Gasteiger partial charge >= 0.3 is 0 Å². The van der Waals surface area contributed by atoms with E-state index < -0.39 is 0 Å². The van der Waals surface area contributed by atoms with Crippen molar-refractivity contribution in [3.05, 3.63) is 88.9 Å². The summed E-state index contributed by atoms with van der Waals surface area (Å²) in [5.41, 5.74) is 6.51. The minimum Gasteiger partial charge on any atom is -0.256 e. The van der Waals surface area contributed by atoms with Crippen LogP contribution >= 0.6 is 22.7 Å². The van der Waals surface area contributed by atoms with Gasteiger partial charge in [-0.1, -0.05) is 65.0 Å². The van der Waals surface area contributed by atoms with Gasteiger partial charge in [-0.05, 0) is 83.0 Å². The van der Waals surface area contributed by atoms with Crippen LogP contribution in [0.2, 0.25) is 0 Å². The number of hydrogen-bond acceptors (Lipinski definition) is 3. The molecule has 0 spiro atoms. The second kappa shape index (κ2) is 9.08. The second-order valence-corrected chi connectivity index (χ2v) is 14.0. The van der Waals surface area contributed by atoms with Gasteiger partial charge in [0.2, 0.25) is 0 Å². The van der Waals surface area contributed by atoms with E-state index in [1.165, 1.54) is 63.0 Å². The molecule has 0 amide bonds. The van der Waals surface area contributed by atoms with Crippen LogP contribution < -0.4 is 0 Å². The smallest absolute Gasteiger partial charge is 0.0789 e. The van der Waals surface area contributed by atoms with Gasteiger partial charge in [-0.2, -0.15) is 0 Å². The average molecular weight is 520 g/mol. The van der Waals surface area contributed by atoms with E-state index >= 15 is 0 Å². The van der Waals surface area contributed by atoms with Crippen LogP contribution in [0.1, 0.15) is 50.6 Å². The Morgan fingerprint density at radius 1 is 0.811 bits per heavy atom. The van der Waals surface area contributed by atoms with Crippen molar-refractivity contribution in [1.29, 1.82) is 0 Å². The topological polar surface area (TPSA) is 12.9 Å². The van der Waals surface area contributed by atoms with Crippen LogP contribution in [0.25, 0.3) is 52.6 Å². The summed E-state index contributed by atoms with van der Waals surface area (Å²) < 4.78 is 2.67. The molecule has 0 bridgehead atoms. The zero-order chi connectivity index (χ0) is 25.9. The molecule has 6 aromatic rings. The molecule has 0 saturated carbocycles. The van der Waals surface area contributed by atoms with E-state index in [9.17, 15) is 0 Å². The van der Waals surface area contributed by atoms with Gasteiger partial charge in [0.25, 0.3) is 0 Å². The van der Waals surface area contributed by atoms with E-state index in [1.54, 1.807) is 0 Å². The first-order valence-corrected chi connectivity index (χ1v) is 14.8. The van der Waals surface area contributed by atoms with Crippen molar-refractivity contribution >= 4 is 53.6 Å².